The molecule has 7 aromatic rings. The number of carbonyl (C=O) groups is 2. The van der Waals surface area contributed by atoms with E-state index in [1.165, 1.54) is 37.4 Å². The lowest BCUT2D eigenvalue weighted by Gasteiger charge is -2.06. The van der Waals surface area contributed by atoms with E-state index in [0.29, 0.717) is 69.5 Å². The van der Waals surface area contributed by atoms with E-state index in [1.54, 1.807) is 68.7 Å². The highest BCUT2D eigenvalue weighted by Crippen LogP contribution is 2.35. The van der Waals surface area contributed by atoms with Crippen LogP contribution in [0.25, 0.3) is 11.6 Å². The molecule has 18 nitrogen and oxygen atoms in total. The fourth-order valence-electron chi connectivity index (χ4n) is 6.21. The maximum absolute atomic E-state index is 13.3. The molecule has 0 saturated carbocycles. The third-order valence-electron chi connectivity index (χ3n) is 9.40. The second kappa shape index (κ2) is 17.1. The summed E-state index contributed by atoms with van der Waals surface area (Å²) in [6.07, 6.45) is 8.89. The van der Waals surface area contributed by atoms with E-state index >= 15 is 0 Å². The highest BCUT2D eigenvalue weighted by Gasteiger charge is 2.24. The molecule has 2 aromatic carbocycles. The monoisotopic (exact) mass is 778 g/mol. The van der Waals surface area contributed by atoms with Gasteiger partial charge in [0, 0.05) is 31.3 Å². The maximum Gasteiger partial charge on any atom is 0.198 e. The van der Waals surface area contributed by atoms with Gasteiger partial charge in [0.1, 0.15) is 6.33 Å². The van der Waals surface area contributed by atoms with Crippen molar-refractivity contribution in [3.05, 3.63) is 119 Å². The van der Waals surface area contributed by atoms with Gasteiger partial charge in [-0.15, -0.1) is 20.5 Å². The van der Waals surface area contributed by atoms with Crippen LogP contribution in [0.2, 0.25) is 0 Å². The highest BCUT2D eigenvalue weighted by molar-refractivity contribution is 6.12. The van der Waals surface area contributed by atoms with Gasteiger partial charge in [0.05, 0.1) is 34.9 Å². The van der Waals surface area contributed by atoms with Crippen LogP contribution < -0.4 is 11.5 Å². The fourth-order valence-corrected chi connectivity index (χ4v) is 6.21. The van der Waals surface area contributed by atoms with E-state index in [-0.39, 0.29) is 34.8 Å². The first kappa shape index (κ1) is 38.8. The van der Waals surface area contributed by atoms with Crippen LogP contribution >= 0.6 is 0 Å². The number of ketones is 2. The van der Waals surface area contributed by atoms with Gasteiger partial charge in [-0.1, -0.05) is 87.4 Å². The molecule has 4 N–H and O–H groups in total. The molecule has 7 rings (SSSR count). The zero-order chi connectivity index (χ0) is 40.8. The standard InChI is InChI=1S/C40H42N16O2/c1-5-7-19-29-33(47-49-39-27(22-45-53(39)3)35(57)25-15-11-9-12-16-25)37(41)55(51-29)31-21-32(44-24-43-31)56-38(42)34(30(52-56)20-8-6-2)48-50-40-28(23-46-54(40)4)36(58)26-17-13-10-14-18-26/h9-18,21-24H,5-8,19-20,41-42H2,1-4H3. The average Bonchev–Trinajstić information content (AvgIpc) is 3.99. The summed E-state index contributed by atoms with van der Waals surface area (Å²) in [5, 5.41) is 36.2. The molecule has 0 aliphatic carbocycles. The first-order chi connectivity index (χ1) is 28.2. The molecule has 0 spiro atoms. The van der Waals surface area contributed by atoms with Gasteiger partial charge in [0.15, 0.2) is 57.8 Å². The second-order valence-corrected chi connectivity index (χ2v) is 13.4. The SMILES string of the molecule is CCCCc1nn(-c2cc(-n3nc(CCCC)c(N=Nc4c(C(=O)c5ccccc5)cnn4C)c3N)ncn2)c(N)c1N=Nc1c(C(=O)c2ccccc2)cnn1C. The maximum atomic E-state index is 13.3. The molecule has 0 aliphatic heterocycles. The minimum Gasteiger partial charge on any atom is -0.382 e. The van der Waals surface area contributed by atoms with Crippen LogP contribution in [-0.4, -0.2) is 60.7 Å². The van der Waals surface area contributed by atoms with Crippen molar-refractivity contribution in [2.24, 2.45) is 34.6 Å². The first-order valence-corrected chi connectivity index (χ1v) is 18.8. The van der Waals surface area contributed by atoms with E-state index in [9.17, 15) is 9.59 Å². The van der Waals surface area contributed by atoms with E-state index in [4.69, 9.17) is 21.7 Å². The summed E-state index contributed by atoms with van der Waals surface area (Å²) in [6.45, 7) is 4.15. The number of nitrogens with two attached hydrogens (primary N) is 2. The largest absolute Gasteiger partial charge is 0.382 e. The molecule has 0 fully saturated rings. The van der Waals surface area contributed by atoms with E-state index < -0.39 is 0 Å². The summed E-state index contributed by atoms with van der Waals surface area (Å²) in [6, 6.07) is 19.5. The van der Waals surface area contributed by atoms with Crippen LogP contribution in [0.15, 0.2) is 106 Å². The number of anilines is 2. The quantitative estimate of drug-likeness (QED) is 0.0726. The number of azo groups is 2. The van der Waals surface area contributed by atoms with Crippen LogP contribution in [-0.2, 0) is 26.9 Å². The lowest BCUT2D eigenvalue weighted by molar-refractivity contribution is 0.103. The second-order valence-electron chi connectivity index (χ2n) is 13.4. The summed E-state index contributed by atoms with van der Waals surface area (Å²) in [4.78, 5) is 35.6. The molecule has 5 heterocycles. The molecule has 58 heavy (non-hydrogen) atoms. The Balaban J connectivity index is 1.23. The van der Waals surface area contributed by atoms with Gasteiger partial charge in [-0.25, -0.2) is 19.3 Å². The topological polar surface area (TPSA) is 233 Å². The molecule has 0 amide bonds. The minimum absolute atomic E-state index is 0.182. The summed E-state index contributed by atoms with van der Waals surface area (Å²) in [5.41, 5.74) is 17.0. The number of nitrogen functional groups attached to an aromatic ring is 2. The Morgan fingerprint density at radius 1 is 0.621 bits per heavy atom. The number of benzene rings is 2. The molecular formula is C40H42N16O2. The number of hydrogen-bond donors (Lipinski definition) is 2. The predicted molar refractivity (Wildman–Crippen MR) is 217 cm³/mol. The molecule has 0 aliphatic rings. The normalized spacial score (nSPS) is 11.7. The van der Waals surface area contributed by atoms with E-state index in [1.807, 2.05) is 12.1 Å². The minimum atomic E-state index is -0.230. The molecule has 5 aromatic heterocycles. The van der Waals surface area contributed by atoms with Gasteiger partial charge in [0.25, 0.3) is 0 Å². The Kier molecular flexibility index (Phi) is 11.4. The Labute approximate surface area is 333 Å². The zero-order valence-electron chi connectivity index (χ0n) is 32.6. The molecule has 18 heteroatoms. The Hall–Kier alpha value is -7.50. The van der Waals surface area contributed by atoms with Crippen LogP contribution in [0.1, 0.15) is 82.8 Å². The smallest absolute Gasteiger partial charge is 0.198 e. The van der Waals surface area contributed by atoms with Gasteiger partial charge >= 0.3 is 0 Å². The summed E-state index contributed by atoms with van der Waals surface area (Å²) in [5.74, 6) is 1.11. The molecule has 294 valence electrons. The number of aryl methyl sites for hydroxylation is 4. The van der Waals surface area contributed by atoms with E-state index in [0.717, 1.165) is 25.7 Å². The van der Waals surface area contributed by atoms with Crippen LogP contribution in [0, 0.1) is 0 Å². The number of rotatable bonds is 16. The van der Waals surface area contributed by atoms with Gasteiger partial charge in [-0.3, -0.25) is 9.59 Å². The summed E-state index contributed by atoms with van der Waals surface area (Å²) >= 11 is 0. The van der Waals surface area contributed by atoms with Crippen molar-refractivity contribution >= 4 is 46.2 Å². The Bertz CT molecular complexity index is 2460. The fraction of sp³-hybridized carbons (Fsp3) is 0.250. The molecule has 0 unspecified atom stereocenters. The molecular weight excluding hydrogens is 737 g/mol. The number of nitrogens with zero attached hydrogens (tertiary/aromatic N) is 14. The zero-order valence-corrected chi connectivity index (χ0v) is 32.6. The van der Waals surface area contributed by atoms with Gasteiger partial charge in [-0.05, 0) is 25.7 Å². The lowest BCUT2D eigenvalue weighted by Crippen LogP contribution is -2.09. The summed E-state index contributed by atoms with van der Waals surface area (Å²) in [7, 11) is 3.38. The third kappa shape index (κ3) is 7.79. The van der Waals surface area contributed by atoms with Crippen LogP contribution in [0.5, 0.6) is 0 Å². The van der Waals surface area contributed by atoms with Crippen molar-refractivity contribution in [3.63, 3.8) is 0 Å². The third-order valence-corrected chi connectivity index (χ3v) is 9.40. The Morgan fingerprint density at radius 3 is 1.43 bits per heavy atom. The highest BCUT2D eigenvalue weighted by atomic mass is 16.1. The molecule has 0 radical (unpaired) electrons. The number of unbranched alkanes of at least 4 members (excludes halogenated alkanes) is 2. The lowest BCUT2D eigenvalue weighted by atomic mass is 10.1. The summed E-state index contributed by atoms with van der Waals surface area (Å²) < 4.78 is 5.91. The van der Waals surface area contributed by atoms with Crippen molar-refractivity contribution in [3.8, 4) is 11.6 Å². The van der Waals surface area contributed by atoms with Crippen LogP contribution in [0.4, 0.5) is 34.6 Å². The average molecular weight is 779 g/mol. The van der Waals surface area contributed by atoms with Gasteiger partial charge < -0.3 is 11.5 Å². The van der Waals surface area contributed by atoms with Crippen molar-refractivity contribution in [2.45, 2.75) is 52.4 Å². The number of aromatic nitrogens is 10. The Morgan fingerprint density at radius 2 is 1.03 bits per heavy atom. The van der Waals surface area contributed by atoms with Crippen molar-refractivity contribution in [2.75, 3.05) is 11.5 Å². The van der Waals surface area contributed by atoms with Crippen molar-refractivity contribution in [1.29, 1.82) is 0 Å². The van der Waals surface area contributed by atoms with E-state index in [2.05, 4.69) is 54.5 Å². The predicted octanol–water partition coefficient (Wildman–Crippen LogP) is 7.46. The molecule has 0 atom stereocenters. The molecule has 0 bridgehead atoms. The van der Waals surface area contributed by atoms with Gasteiger partial charge in [-0.2, -0.15) is 29.8 Å². The number of carbonyl (C=O) groups excluding carboxylic acids is 2. The molecule has 0 saturated heterocycles. The number of hydrogen-bond acceptors (Lipinski definition) is 14. The van der Waals surface area contributed by atoms with Gasteiger partial charge in [0.2, 0.25) is 0 Å². The van der Waals surface area contributed by atoms with Crippen molar-refractivity contribution in [1.82, 2.24) is 49.1 Å². The van der Waals surface area contributed by atoms with Crippen molar-refractivity contribution < 1.29 is 9.59 Å². The first-order valence-electron chi connectivity index (χ1n) is 18.8. The van der Waals surface area contributed by atoms with Crippen LogP contribution in [0.3, 0.4) is 0 Å².